The number of nitrogens with zero attached hydrogens (tertiary/aromatic N) is 5. The highest BCUT2D eigenvalue weighted by molar-refractivity contribution is 5.92. The number of hydrogen-bond acceptors (Lipinski definition) is 7. The molecule has 0 amide bonds. The summed E-state index contributed by atoms with van der Waals surface area (Å²) < 4.78 is 32.8. The van der Waals surface area contributed by atoms with Crippen LogP contribution in [0.3, 0.4) is 0 Å². The number of rotatable bonds is 5. The van der Waals surface area contributed by atoms with E-state index in [0.717, 1.165) is 56.0 Å². The molecule has 1 aliphatic rings. The molecule has 0 aliphatic carbocycles. The Bertz CT molecular complexity index is 1450. The molecule has 184 valence electrons. The molecule has 0 saturated carbocycles. The minimum atomic E-state index is -0.739. The second-order valence-electron chi connectivity index (χ2n) is 8.57. The predicted molar refractivity (Wildman–Crippen MR) is 134 cm³/mol. The van der Waals surface area contributed by atoms with Crippen molar-refractivity contribution in [3.8, 4) is 28.8 Å². The van der Waals surface area contributed by atoms with Gasteiger partial charge in [0, 0.05) is 49.6 Å². The number of piperazine rings is 1. The molecule has 1 aliphatic heterocycles. The van der Waals surface area contributed by atoms with Gasteiger partial charge in [0.15, 0.2) is 5.65 Å². The SMILES string of the molecule is COc1ccc(C#CCN2CCN(C)CC2)cc1-c1[nH]nc2nc(Nc3ccc(F)cc3F)ncc12. The molecular weight excluding hydrogens is 464 g/mol. The highest BCUT2D eigenvalue weighted by Gasteiger charge is 2.16. The van der Waals surface area contributed by atoms with E-state index in [1.807, 2.05) is 18.2 Å². The van der Waals surface area contributed by atoms with Crippen molar-refractivity contribution in [1.82, 2.24) is 30.0 Å². The zero-order valence-electron chi connectivity index (χ0n) is 20.0. The second kappa shape index (κ2) is 10.3. The zero-order valence-corrected chi connectivity index (χ0v) is 20.0. The van der Waals surface area contributed by atoms with E-state index in [4.69, 9.17) is 4.74 Å². The Hall–Kier alpha value is -4.07. The van der Waals surface area contributed by atoms with Crippen LogP contribution in [0.4, 0.5) is 20.4 Å². The lowest BCUT2D eigenvalue weighted by Crippen LogP contribution is -2.44. The van der Waals surface area contributed by atoms with Gasteiger partial charge in [-0.3, -0.25) is 10.00 Å². The Morgan fingerprint density at radius 1 is 1.11 bits per heavy atom. The summed E-state index contributed by atoms with van der Waals surface area (Å²) in [5.74, 6) is 5.92. The molecule has 1 fully saturated rings. The third kappa shape index (κ3) is 5.12. The third-order valence-corrected chi connectivity index (χ3v) is 6.09. The molecule has 2 aromatic heterocycles. The van der Waals surface area contributed by atoms with Gasteiger partial charge >= 0.3 is 0 Å². The summed E-state index contributed by atoms with van der Waals surface area (Å²) in [6, 6.07) is 8.98. The maximum atomic E-state index is 14.0. The Morgan fingerprint density at radius 2 is 1.94 bits per heavy atom. The molecule has 8 nitrogen and oxygen atoms in total. The average Bonchev–Trinajstić information content (AvgIpc) is 3.30. The molecule has 2 aromatic carbocycles. The van der Waals surface area contributed by atoms with Gasteiger partial charge in [0.05, 0.1) is 30.4 Å². The predicted octanol–water partition coefficient (Wildman–Crippen LogP) is 3.65. The third-order valence-electron chi connectivity index (χ3n) is 6.09. The number of fused-ring (bicyclic) bond motifs is 1. The van der Waals surface area contributed by atoms with Gasteiger partial charge in [0.1, 0.15) is 17.4 Å². The summed E-state index contributed by atoms with van der Waals surface area (Å²) in [4.78, 5) is 13.3. The Kier molecular flexibility index (Phi) is 6.75. The van der Waals surface area contributed by atoms with Gasteiger partial charge in [-0.25, -0.2) is 13.8 Å². The van der Waals surface area contributed by atoms with E-state index < -0.39 is 11.6 Å². The Balaban J connectivity index is 1.39. The zero-order chi connectivity index (χ0) is 25.1. The minimum Gasteiger partial charge on any atom is -0.496 e. The van der Waals surface area contributed by atoms with E-state index in [2.05, 4.69) is 54.2 Å². The van der Waals surface area contributed by atoms with Crippen LogP contribution < -0.4 is 10.1 Å². The maximum Gasteiger partial charge on any atom is 0.229 e. The molecule has 3 heterocycles. The Labute approximate surface area is 207 Å². The molecule has 0 bridgehead atoms. The van der Waals surface area contributed by atoms with Crippen LogP contribution in [-0.4, -0.2) is 76.8 Å². The van der Waals surface area contributed by atoms with Gasteiger partial charge in [-0.05, 0) is 37.4 Å². The number of benzene rings is 2. The molecule has 0 radical (unpaired) electrons. The second-order valence-corrected chi connectivity index (χ2v) is 8.57. The summed E-state index contributed by atoms with van der Waals surface area (Å²) in [6.45, 7) is 4.87. The van der Waals surface area contributed by atoms with Gasteiger partial charge in [-0.15, -0.1) is 0 Å². The molecular formula is C26H25F2N7O. The molecule has 10 heteroatoms. The maximum absolute atomic E-state index is 14.0. The van der Waals surface area contributed by atoms with Crippen molar-refractivity contribution in [2.24, 2.45) is 0 Å². The lowest BCUT2D eigenvalue weighted by atomic mass is 10.1. The topological polar surface area (TPSA) is 82.2 Å². The summed E-state index contributed by atoms with van der Waals surface area (Å²) in [6.07, 6.45) is 1.59. The van der Waals surface area contributed by atoms with Crippen LogP contribution in [0.15, 0.2) is 42.6 Å². The lowest BCUT2D eigenvalue weighted by molar-refractivity contribution is 0.168. The molecule has 0 unspecified atom stereocenters. The normalized spacial score (nSPS) is 14.4. The van der Waals surface area contributed by atoms with Crippen molar-refractivity contribution in [3.05, 3.63) is 59.8 Å². The van der Waals surface area contributed by atoms with E-state index in [0.29, 0.717) is 22.5 Å². The van der Waals surface area contributed by atoms with Crippen LogP contribution in [0.1, 0.15) is 5.56 Å². The van der Waals surface area contributed by atoms with Gasteiger partial charge in [0.25, 0.3) is 0 Å². The molecule has 36 heavy (non-hydrogen) atoms. The highest BCUT2D eigenvalue weighted by Crippen LogP contribution is 2.34. The average molecular weight is 490 g/mol. The van der Waals surface area contributed by atoms with E-state index in [9.17, 15) is 8.78 Å². The van der Waals surface area contributed by atoms with Crippen molar-refractivity contribution in [2.75, 3.05) is 52.2 Å². The fourth-order valence-electron chi connectivity index (χ4n) is 4.02. The van der Waals surface area contributed by atoms with Crippen molar-refractivity contribution >= 4 is 22.7 Å². The number of ether oxygens (including phenoxy) is 1. The number of nitrogens with one attached hydrogen (secondary N) is 2. The summed E-state index contributed by atoms with van der Waals surface area (Å²) in [5, 5.41) is 10.7. The molecule has 0 atom stereocenters. The number of methoxy groups -OCH3 is 1. The first-order valence-corrected chi connectivity index (χ1v) is 11.5. The molecule has 4 aromatic rings. The highest BCUT2D eigenvalue weighted by atomic mass is 19.1. The van der Waals surface area contributed by atoms with Crippen LogP contribution in [0, 0.1) is 23.5 Å². The van der Waals surface area contributed by atoms with Crippen LogP contribution in [-0.2, 0) is 0 Å². The first kappa shape index (κ1) is 23.7. The van der Waals surface area contributed by atoms with Crippen LogP contribution >= 0.6 is 0 Å². The minimum absolute atomic E-state index is 0.0658. The molecule has 0 spiro atoms. The van der Waals surface area contributed by atoms with Gasteiger partial charge in [0.2, 0.25) is 5.95 Å². The van der Waals surface area contributed by atoms with Crippen LogP contribution in [0.5, 0.6) is 5.75 Å². The Morgan fingerprint density at radius 3 is 2.72 bits per heavy atom. The van der Waals surface area contributed by atoms with E-state index in [-0.39, 0.29) is 11.6 Å². The van der Waals surface area contributed by atoms with E-state index >= 15 is 0 Å². The van der Waals surface area contributed by atoms with E-state index in [1.165, 1.54) is 6.07 Å². The number of likely N-dealkylation sites (N-methyl/N-ethyl adjacent to an activating group) is 1. The summed E-state index contributed by atoms with van der Waals surface area (Å²) >= 11 is 0. The fraction of sp³-hybridized carbons (Fsp3) is 0.269. The number of halogens is 2. The monoisotopic (exact) mass is 489 g/mol. The number of hydrogen-bond donors (Lipinski definition) is 2. The lowest BCUT2D eigenvalue weighted by Gasteiger charge is -2.30. The largest absolute Gasteiger partial charge is 0.496 e. The van der Waals surface area contributed by atoms with Crippen LogP contribution in [0.25, 0.3) is 22.3 Å². The van der Waals surface area contributed by atoms with Gasteiger partial charge in [-0.1, -0.05) is 11.8 Å². The van der Waals surface area contributed by atoms with Crippen molar-refractivity contribution in [1.29, 1.82) is 0 Å². The fourth-order valence-corrected chi connectivity index (χ4v) is 4.02. The number of aromatic nitrogens is 4. The first-order chi connectivity index (χ1) is 17.5. The first-order valence-electron chi connectivity index (χ1n) is 11.5. The standard InChI is InChI=1S/C26H25F2N7O/c1-34-10-12-35(13-11-34)9-3-4-17-5-8-23(36-2)19(14-17)24-20-16-29-26(31-25(20)33-32-24)30-22-7-6-18(27)15-21(22)28/h5-8,14-16H,9-13H2,1-2H3,(H2,29,30,31,32,33). The van der Waals surface area contributed by atoms with Crippen LogP contribution in [0.2, 0.25) is 0 Å². The van der Waals surface area contributed by atoms with Crippen molar-refractivity contribution in [3.63, 3.8) is 0 Å². The molecule has 2 N–H and O–H groups in total. The van der Waals surface area contributed by atoms with Crippen molar-refractivity contribution < 1.29 is 13.5 Å². The van der Waals surface area contributed by atoms with Gasteiger partial charge < -0.3 is 15.0 Å². The smallest absolute Gasteiger partial charge is 0.229 e. The summed E-state index contributed by atoms with van der Waals surface area (Å²) in [5.41, 5.74) is 2.77. The number of H-pyrrole nitrogens is 1. The number of aromatic amines is 1. The molecule has 1 saturated heterocycles. The van der Waals surface area contributed by atoms with Crippen molar-refractivity contribution in [2.45, 2.75) is 0 Å². The van der Waals surface area contributed by atoms with Gasteiger partial charge in [-0.2, -0.15) is 10.1 Å². The number of anilines is 2. The quantitative estimate of drug-likeness (QED) is 0.414. The molecule has 5 rings (SSSR count). The van der Waals surface area contributed by atoms with E-state index in [1.54, 1.807) is 13.3 Å². The summed E-state index contributed by atoms with van der Waals surface area (Å²) in [7, 11) is 3.74.